The molecule has 9 heteroatoms. The number of nitrogens with one attached hydrogen (secondary N) is 2. The molecule has 1 saturated heterocycles. The molecule has 2 aromatic heterocycles. The highest BCUT2D eigenvalue weighted by Gasteiger charge is 2.32. The Morgan fingerprint density at radius 2 is 2.10 bits per heavy atom. The zero-order valence-electron chi connectivity index (χ0n) is 17.8. The lowest BCUT2D eigenvalue weighted by molar-refractivity contribution is -0.133. The normalized spacial score (nSPS) is 19.5. The summed E-state index contributed by atoms with van der Waals surface area (Å²) >= 11 is 0. The number of anilines is 1. The molecular weight excluding hydrogens is 396 g/mol. The zero-order valence-corrected chi connectivity index (χ0v) is 17.8. The molecule has 1 aliphatic rings. The van der Waals surface area contributed by atoms with E-state index in [1.54, 1.807) is 6.33 Å². The molecule has 3 aromatic rings. The van der Waals surface area contributed by atoms with Crippen LogP contribution in [0.5, 0.6) is 0 Å². The highest BCUT2D eigenvalue weighted by Crippen LogP contribution is 2.32. The summed E-state index contributed by atoms with van der Waals surface area (Å²) < 4.78 is 7.84. The number of fused-ring (bicyclic) bond motifs is 1. The van der Waals surface area contributed by atoms with Crippen molar-refractivity contribution in [3.63, 3.8) is 0 Å². The summed E-state index contributed by atoms with van der Waals surface area (Å²) in [5.74, 6) is 1.08. The number of amides is 1. The molecule has 1 aliphatic heterocycles. The third-order valence-electron chi connectivity index (χ3n) is 5.37. The van der Waals surface area contributed by atoms with Gasteiger partial charge < -0.3 is 20.5 Å². The molecule has 0 saturated carbocycles. The molecule has 31 heavy (non-hydrogen) atoms. The molecular formula is C22H28N6O3. The van der Waals surface area contributed by atoms with Crippen molar-refractivity contribution in [3.8, 4) is 0 Å². The molecule has 0 spiro atoms. The van der Waals surface area contributed by atoms with Gasteiger partial charge in [-0.25, -0.2) is 15.0 Å². The lowest BCUT2D eigenvalue weighted by Crippen LogP contribution is -2.34. The smallest absolute Gasteiger partial charge is 0.249 e. The summed E-state index contributed by atoms with van der Waals surface area (Å²) in [6.07, 6.45) is 2.91. The van der Waals surface area contributed by atoms with Crippen molar-refractivity contribution in [3.05, 3.63) is 48.0 Å². The SMILES string of the molecule is CCNC(=O)C1CCC(n2cnc3c(N[C@H](CO)Cc4ccccc4)nc(C)nc32)O1. The van der Waals surface area contributed by atoms with E-state index in [1.807, 2.05) is 48.7 Å². The topological polar surface area (TPSA) is 114 Å². The maximum atomic E-state index is 12.1. The van der Waals surface area contributed by atoms with Crippen LogP contribution in [0.25, 0.3) is 11.2 Å². The number of hydrogen-bond donors (Lipinski definition) is 3. The number of carbonyl (C=O) groups is 1. The lowest BCUT2D eigenvalue weighted by atomic mass is 10.1. The number of nitrogens with zero attached hydrogens (tertiary/aromatic N) is 4. The van der Waals surface area contributed by atoms with Crippen LogP contribution in [0.15, 0.2) is 36.7 Å². The number of benzene rings is 1. The van der Waals surface area contributed by atoms with Crippen LogP contribution in [0.1, 0.15) is 37.4 Å². The molecule has 4 rings (SSSR count). The minimum Gasteiger partial charge on any atom is -0.394 e. The van der Waals surface area contributed by atoms with Gasteiger partial charge in [0.1, 0.15) is 18.2 Å². The van der Waals surface area contributed by atoms with Gasteiger partial charge in [0.25, 0.3) is 0 Å². The van der Waals surface area contributed by atoms with Gasteiger partial charge in [-0.1, -0.05) is 30.3 Å². The molecule has 9 nitrogen and oxygen atoms in total. The van der Waals surface area contributed by atoms with E-state index in [2.05, 4.69) is 25.6 Å². The molecule has 3 N–H and O–H groups in total. The second-order valence-corrected chi connectivity index (χ2v) is 7.71. The van der Waals surface area contributed by atoms with Crippen LogP contribution < -0.4 is 10.6 Å². The Morgan fingerprint density at radius 3 is 2.84 bits per heavy atom. The van der Waals surface area contributed by atoms with Crippen molar-refractivity contribution < 1.29 is 14.6 Å². The number of likely N-dealkylation sites (N-methyl/N-ethyl adjacent to an activating group) is 1. The van der Waals surface area contributed by atoms with Crippen LogP contribution in [0, 0.1) is 6.92 Å². The van der Waals surface area contributed by atoms with E-state index in [0.717, 1.165) is 5.56 Å². The van der Waals surface area contributed by atoms with Crippen molar-refractivity contribution in [2.45, 2.75) is 51.5 Å². The molecule has 1 aromatic carbocycles. The first-order valence-electron chi connectivity index (χ1n) is 10.6. The van der Waals surface area contributed by atoms with E-state index in [9.17, 15) is 9.90 Å². The van der Waals surface area contributed by atoms with Crippen molar-refractivity contribution >= 4 is 22.9 Å². The van der Waals surface area contributed by atoms with Crippen LogP contribution in [0.3, 0.4) is 0 Å². The maximum Gasteiger partial charge on any atom is 0.249 e. The van der Waals surface area contributed by atoms with Crippen LogP contribution in [0.2, 0.25) is 0 Å². The van der Waals surface area contributed by atoms with Gasteiger partial charge in [-0.05, 0) is 38.7 Å². The highest BCUT2D eigenvalue weighted by molar-refractivity contribution is 5.83. The molecule has 3 atom stereocenters. The Labute approximate surface area is 180 Å². The van der Waals surface area contributed by atoms with Crippen molar-refractivity contribution in [2.24, 2.45) is 0 Å². The average Bonchev–Trinajstić information content (AvgIpc) is 3.41. The average molecular weight is 425 g/mol. The van der Waals surface area contributed by atoms with Crippen molar-refractivity contribution in [2.75, 3.05) is 18.5 Å². The fraction of sp³-hybridized carbons (Fsp3) is 0.455. The van der Waals surface area contributed by atoms with E-state index >= 15 is 0 Å². The van der Waals surface area contributed by atoms with E-state index in [-0.39, 0.29) is 24.8 Å². The number of aryl methyl sites for hydroxylation is 1. The number of ether oxygens (including phenoxy) is 1. The predicted octanol–water partition coefficient (Wildman–Crippen LogP) is 1.96. The summed E-state index contributed by atoms with van der Waals surface area (Å²) in [5, 5.41) is 16.0. The van der Waals surface area contributed by atoms with Crippen molar-refractivity contribution in [1.29, 1.82) is 0 Å². The first kappa shape index (κ1) is 21.2. The third kappa shape index (κ3) is 4.67. The molecule has 164 valence electrons. The first-order chi connectivity index (χ1) is 15.1. The molecule has 0 aliphatic carbocycles. The fourth-order valence-electron chi connectivity index (χ4n) is 3.90. The van der Waals surface area contributed by atoms with Gasteiger partial charge in [0.2, 0.25) is 5.91 Å². The number of aliphatic hydroxyl groups excluding tert-OH is 1. The van der Waals surface area contributed by atoms with Gasteiger partial charge in [-0.15, -0.1) is 0 Å². The van der Waals surface area contributed by atoms with Crippen LogP contribution in [0.4, 0.5) is 5.82 Å². The zero-order chi connectivity index (χ0) is 21.8. The second kappa shape index (κ2) is 9.40. The summed E-state index contributed by atoms with van der Waals surface area (Å²) in [7, 11) is 0. The largest absolute Gasteiger partial charge is 0.394 e. The van der Waals surface area contributed by atoms with E-state index in [0.29, 0.717) is 48.6 Å². The summed E-state index contributed by atoms with van der Waals surface area (Å²) in [5.41, 5.74) is 2.38. The summed E-state index contributed by atoms with van der Waals surface area (Å²) in [6.45, 7) is 4.24. The molecule has 1 amide bonds. The number of hydrogen-bond acceptors (Lipinski definition) is 7. The van der Waals surface area contributed by atoms with Crippen LogP contribution >= 0.6 is 0 Å². The van der Waals surface area contributed by atoms with E-state index < -0.39 is 6.10 Å². The summed E-state index contributed by atoms with van der Waals surface area (Å²) in [4.78, 5) is 25.7. The Bertz CT molecular complexity index is 1040. The lowest BCUT2D eigenvalue weighted by Gasteiger charge is -2.18. The quantitative estimate of drug-likeness (QED) is 0.506. The number of aliphatic hydroxyl groups is 1. The minimum absolute atomic E-state index is 0.0416. The number of aromatic nitrogens is 4. The Hall–Kier alpha value is -3.04. The Balaban J connectivity index is 1.56. The monoisotopic (exact) mass is 424 g/mol. The van der Waals surface area contributed by atoms with Gasteiger partial charge in [-0.2, -0.15) is 0 Å². The maximum absolute atomic E-state index is 12.1. The fourth-order valence-corrected chi connectivity index (χ4v) is 3.90. The Morgan fingerprint density at radius 1 is 1.29 bits per heavy atom. The molecule has 3 heterocycles. The molecule has 0 radical (unpaired) electrons. The summed E-state index contributed by atoms with van der Waals surface area (Å²) in [6, 6.07) is 9.78. The Kier molecular flexibility index (Phi) is 6.43. The predicted molar refractivity (Wildman–Crippen MR) is 117 cm³/mol. The third-order valence-corrected chi connectivity index (χ3v) is 5.37. The highest BCUT2D eigenvalue weighted by atomic mass is 16.5. The van der Waals surface area contributed by atoms with Gasteiger partial charge >= 0.3 is 0 Å². The van der Waals surface area contributed by atoms with E-state index in [4.69, 9.17) is 4.74 Å². The molecule has 1 fully saturated rings. The van der Waals surface area contributed by atoms with E-state index in [1.165, 1.54) is 0 Å². The second-order valence-electron chi connectivity index (χ2n) is 7.71. The number of rotatable bonds is 8. The molecule has 0 bridgehead atoms. The number of carbonyl (C=O) groups excluding carboxylic acids is 1. The van der Waals surface area contributed by atoms with Crippen LogP contribution in [-0.4, -0.2) is 55.8 Å². The van der Waals surface area contributed by atoms with Gasteiger partial charge in [0, 0.05) is 6.54 Å². The number of imidazole rings is 1. The van der Waals surface area contributed by atoms with Gasteiger partial charge in [-0.3, -0.25) is 9.36 Å². The minimum atomic E-state index is -0.465. The first-order valence-corrected chi connectivity index (χ1v) is 10.6. The standard InChI is InChI=1S/C22H28N6O3/c1-3-23-22(30)17-9-10-18(31-17)28-13-24-19-20(25-14(2)26-21(19)28)27-16(12-29)11-15-7-5-4-6-8-15/h4-8,13,16-18,29H,3,9-12H2,1-2H3,(H,23,30)(H,25,26,27)/t16-,17?,18?/m0/s1. The van der Waals surface area contributed by atoms with Crippen LogP contribution in [-0.2, 0) is 16.0 Å². The molecule has 2 unspecified atom stereocenters. The van der Waals surface area contributed by atoms with Crippen molar-refractivity contribution in [1.82, 2.24) is 24.8 Å². The van der Waals surface area contributed by atoms with Gasteiger partial charge in [0.05, 0.1) is 19.0 Å². The van der Waals surface area contributed by atoms with Gasteiger partial charge in [0.15, 0.2) is 17.0 Å².